The van der Waals surface area contributed by atoms with Crippen LogP contribution in [0.2, 0.25) is 15.1 Å². The Labute approximate surface area is 203 Å². The Morgan fingerprint density at radius 3 is 2.38 bits per heavy atom. The third kappa shape index (κ3) is 3.77. The van der Waals surface area contributed by atoms with E-state index in [2.05, 4.69) is 0 Å². The average molecular weight is 509 g/mol. The number of aliphatic hydroxyl groups is 1. The summed E-state index contributed by atoms with van der Waals surface area (Å²) in [6.07, 6.45) is 0. The van der Waals surface area contributed by atoms with Crippen LogP contribution in [-0.4, -0.2) is 23.9 Å². The number of anilines is 1. The Hall–Kier alpha value is -2.51. The smallest absolute Gasteiger partial charge is 0.300 e. The van der Waals surface area contributed by atoms with Crippen molar-refractivity contribution in [3.05, 3.63) is 84.5 Å². The van der Waals surface area contributed by atoms with Crippen molar-refractivity contribution < 1.29 is 19.4 Å². The van der Waals surface area contributed by atoms with Gasteiger partial charge >= 0.3 is 0 Å². The molecule has 164 valence electrons. The molecular formula is C23H16Cl3NO4S. The van der Waals surface area contributed by atoms with E-state index in [1.54, 1.807) is 24.3 Å². The zero-order chi connectivity index (χ0) is 23.2. The minimum absolute atomic E-state index is 0.0362. The first-order valence-electron chi connectivity index (χ1n) is 9.38. The molecule has 0 spiro atoms. The highest BCUT2D eigenvalue weighted by atomic mass is 35.5. The molecule has 1 N–H and O–H groups in total. The van der Waals surface area contributed by atoms with E-state index in [0.717, 1.165) is 10.4 Å². The Morgan fingerprint density at radius 2 is 1.78 bits per heavy atom. The maximum atomic E-state index is 13.2. The summed E-state index contributed by atoms with van der Waals surface area (Å²) in [4.78, 5) is 28.4. The first-order valence-corrected chi connectivity index (χ1v) is 11.4. The largest absolute Gasteiger partial charge is 0.507 e. The van der Waals surface area contributed by atoms with Crippen LogP contribution in [0.5, 0.6) is 5.75 Å². The summed E-state index contributed by atoms with van der Waals surface area (Å²) in [6.45, 7) is 1.88. The molecule has 1 saturated heterocycles. The summed E-state index contributed by atoms with van der Waals surface area (Å²) >= 11 is 19.8. The lowest BCUT2D eigenvalue weighted by Crippen LogP contribution is -2.29. The number of benzene rings is 2. The molecule has 0 saturated carbocycles. The predicted octanol–water partition coefficient (Wildman–Crippen LogP) is 6.65. The van der Waals surface area contributed by atoms with Gasteiger partial charge in [0.05, 0.1) is 27.8 Å². The van der Waals surface area contributed by atoms with E-state index in [4.69, 9.17) is 39.5 Å². The van der Waals surface area contributed by atoms with Gasteiger partial charge in [0.2, 0.25) is 0 Å². The number of aryl methyl sites for hydroxylation is 1. The number of ether oxygens (including phenoxy) is 1. The van der Waals surface area contributed by atoms with Gasteiger partial charge in [-0.1, -0.05) is 34.8 Å². The van der Waals surface area contributed by atoms with Crippen LogP contribution in [0.4, 0.5) is 5.69 Å². The molecule has 3 aromatic rings. The molecule has 4 rings (SSSR count). The van der Waals surface area contributed by atoms with Gasteiger partial charge in [0.15, 0.2) is 0 Å². The monoisotopic (exact) mass is 507 g/mol. The Kier molecular flexibility index (Phi) is 6.23. The van der Waals surface area contributed by atoms with E-state index >= 15 is 0 Å². The number of rotatable bonds is 4. The van der Waals surface area contributed by atoms with Gasteiger partial charge in [-0.3, -0.25) is 14.5 Å². The van der Waals surface area contributed by atoms with Crippen LogP contribution in [0.1, 0.15) is 22.0 Å². The molecule has 1 aliphatic heterocycles. The van der Waals surface area contributed by atoms with Crippen LogP contribution in [0.25, 0.3) is 5.76 Å². The summed E-state index contributed by atoms with van der Waals surface area (Å²) in [5.74, 6) is -1.47. The SMILES string of the molecule is COc1ccc(N2C(=O)C(=O)/C(=C(\O)c3ccc(Cl)c(Cl)c3)C2c2sccc2C)cc1Cl. The minimum Gasteiger partial charge on any atom is -0.507 e. The van der Waals surface area contributed by atoms with Crippen molar-refractivity contribution in [3.8, 4) is 5.75 Å². The summed E-state index contributed by atoms with van der Waals surface area (Å²) in [5, 5.41) is 13.8. The fourth-order valence-electron chi connectivity index (χ4n) is 3.62. The number of aliphatic hydroxyl groups excluding tert-OH is 1. The van der Waals surface area contributed by atoms with Gasteiger partial charge in [0.1, 0.15) is 17.6 Å². The van der Waals surface area contributed by atoms with E-state index in [0.29, 0.717) is 16.5 Å². The van der Waals surface area contributed by atoms with E-state index < -0.39 is 17.7 Å². The number of hydrogen-bond acceptors (Lipinski definition) is 5. The van der Waals surface area contributed by atoms with Crippen LogP contribution >= 0.6 is 46.1 Å². The molecular weight excluding hydrogens is 493 g/mol. The van der Waals surface area contributed by atoms with Gasteiger partial charge in [-0.05, 0) is 60.3 Å². The number of ketones is 1. The molecule has 5 nitrogen and oxygen atoms in total. The molecule has 1 unspecified atom stereocenters. The maximum Gasteiger partial charge on any atom is 0.300 e. The van der Waals surface area contributed by atoms with E-state index in [1.165, 1.54) is 35.5 Å². The van der Waals surface area contributed by atoms with Crippen LogP contribution in [0.15, 0.2) is 53.4 Å². The molecule has 1 fully saturated rings. The molecule has 1 aliphatic rings. The number of amides is 1. The number of thiophene rings is 1. The van der Waals surface area contributed by atoms with Gasteiger partial charge < -0.3 is 9.84 Å². The van der Waals surface area contributed by atoms with Gasteiger partial charge in [-0.15, -0.1) is 11.3 Å². The topological polar surface area (TPSA) is 66.8 Å². The Bertz CT molecular complexity index is 1280. The van der Waals surface area contributed by atoms with E-state index in [9.17, 15) is 14.7 Å². The van der Waals surface area contributed by atoms with E-state index in [-0.39, 0.29) is 26.9 Å². The average Bonchev–Trinajstić information content (AvgIpc) is 3.30. The third-order valence-corrected chi connectivity index (χ3v) is 7.31. The minimum atomic E-state index is -0.839. The van der Waals surface area contributed by atoms with Crippen molar-refractivity contribution in [2.45, 2.75) is 13.0 Å². The molecule has 32 heavy (non-hydrogen) atoms. The number of hydrogen-bond donors (Lipinski definition) is 1. The van der Waals surface area contributed by atoms with Crippen molar-refractivity contribution >= 4 is 69.3 Å². The molecule has 0 aliphatic carbocycles. The van der Waals surface area contributed by atoms with Crippen LogP contribution in [0, 0.1) is 6.92 Å². The number of halogens is 3. The first kappa shape index (κ1) is 22.7. The summed E-state index contributed by atoms with van der Waals surface area (Å²) < 4.78 is 5.19. The number of carbonyl (C=O) groups is 2. The number of methoxy groups -OCH3 is 1. The van der Waals surface area contributed by atoms with Crippen LogP contribution in [-0.2, 0) is 9.59 Å². The van der Waals surface area contributed by atoms with Crippen LogP contribution < -0.4 is 9.64 Å². The standard InChI is InChI=1S/C23H16Cl3NO4S/c1-11-7-8-32-22(11)19-18(20(28)12-3-5-14(24)15(25)9-12)21(29)23(30)27(19)13-4-6-17(31-2)16(26)10-13/h3-10,19,28H,1-2H3/b20-18-. The second-order valence-electron chi connectivity index (χ2n) is 7.08. The molecule has 2 heterocycles. The second kappa shape index (κ2) is 8.79. The van der Waals surface area contributed by atoms with Gasteiger partial charge in [-0.2, -0.15) is 0 Å². The lowest BCUT2D eigenvalue weighted by molar-refractivity contribution is -0.132. The quantitative estimate of drug-likeness (QED) is 0.243. The summed E-state index contributed by atoms with van der Waals surface area (Å²) in [6, 6.07) is 10.4. The molecule has 0 bridgehead atoms. The first-order chi connectivity index (χ1) is 15.2. The summed E-state index contributed by atoms with van der Waals surface area (Å²) in [7, 11) is 1.49. The van der Waals surface area contributed by atoms with Crippen molar-refractivity contribution in [1.82, 2.24) is 0 Å². The zero-order valence-electron chi connectivity index (χ0n) is 16.9. The normalized spacial score (nSPS) is 17.8. The molecule has 2 aromatic carbocycles. The van der Waals surface area contributed by atoms with Crippen molar-refractivity contribution in [2.24, 2.45) is 0 Å². The maximum absolute atomic E-state index is 13.2. The summed E-state index contributed by atoms with van der Waals surface area (Å²) in [5.41, 5.74) is 1.53. The van der Waals surface area contributed by atoms with Gasteiger partial charge in [-0.25, -0.2) is 0 Å². The van der Waals surface area contributed by atoms with Gasteiger partial charge in [0.25, 0.3) is 11.7 Å². The lowest BCUT2D eigenvalue weighted by atomic mass is 9.98. The lowest BCUT2D eigenvalue weighted by Gasteiger charge is -2.25. The molecule has 1 amide bonds. The molecule has 1 aromatic heterocycles. The van der Waals surface area contributed by atoms with Gasteiger partial charge in [0, 0.05) is 16.1 Å². The Balaban J connectivity index is 1.95. The fourth-order valence-corrected chi connectivity index (χ4v) is 5.19. The number of Topliss-reactive ketones (excluding diaryl/α,β-unsaturated/α-hetero) is 1. The zero-order valence-corrected chi connectivity index (χ0v) is 19.9. The van der Waals surface area contributed by atoms with Crippen molar-refractivity contribution in [3.63, 3.8) is 0 Å². The molecule has 1 atom stereocenters. The van der Waals surface area contributed by atoms with Crippen LogP contribution in [0.3, 0.4) is 0 Å². The number of carbonyl (C=O) groups excluding carboxylic acids is 2. The molecule has 0 radical (unpaired) electrons. The van der Waals surface area contributed by atoms with E-state index in [1.807, 2.05) is 18.4 Å². The Morgan fingerprint density at radius 1 is 1.03 bits per heavy atom. The second-order valence-corrected chi connectivity index (χ2v) is 9.25. The molecule has 9 heteroatoms. The van der Waals surface area contributed by atoms with Crippen molar-refractivity contribution in [2.75, 3.05) is 12.0 Å². The third-order valence-electron chi connectivity index (χ3n) is 5.20. The highest BCUT2D eigenvalue weighted by Crippen LogP contribution is 2.46. The fraction of sp³-hybridized carbons (Fsp3) is 0.130. The van der Waals surface area contributed by atoms with Crippen molar-refractivity contribution in [1.29, 1.82) is 0 Å². The highest BCUT2D eigenvalue weighted by Gasteiger charge is 2.48. The number of nitrogens with zero attached hydrogens (tertiary/aromatic N) is 1. The predicted molar refractivity (Wildman–Crippen MR) is 128 cm³/mol. The highest BCUT2D eigenvalue weighted by molar-refractivity contribution is 7.10.